The van der Waals surface area contributed by atoms with Gasteiger partial charge in [-0.3, -0.25) is 34.7 Å². The summed E-state index contributed by atoms with van der Waals surface area (Å²) in [6.07, 6.45) is 26.8. The average Bonchev–Trinajstić information content (AvgIpc) is 3.27. The Morgan fingerprint density at radius 1 is 0.508 bits per heavy atom. The minimum absolute atomic E-state index is 0. The number of aryl methyl sites for hydroxylation is 2. The molecule has 1 N–H and O–H groups in total. The maximum Gasteiger partial charge on any atom is 2.00 e. The fourth-order valence-corrected chi connectivity index (χ4v) is 9.24. The van der Waals surface area contributed by atoms with Gasteiger partial charge in [0, 0.05) is 49.6 Å². The minimum Gasteiger partial charge on any atom is -0.353 e. The van der Waals surface area contributed by atoms with E-state index in [1.54, 1.807) is 24.8 Å². The summed E-state index contributed by atoms with van der Waals surface area (Å²) >= 11 is 0. The van der Waals surface area contributed by atoms with Gasteiger partial charge in [-0.15, -0.1) is 0 Å². The third-order valence-corrected chi connectivity index (χ3v) is 11.9. The Hall–Kier alpha value is -5.01. The van der Waals surface area contributed by atoms with Crippen LogP contribution in [0.5, 0.6) is 0 Å². The summed E-state index contributed by atoms with van der Waals surface area (Å²) in [5, 5.41) is 3.46. The van der Waals surface area contributed by atoms with E-state index in [1.165, 1.54) is 75.3 Å². The number of rotatable bonds is 13. The van der Waals surface area contributed by atoms with Crippen LogP contribution in [0.2, 0.25) is 0 Å². The number of pyridine rings is 6. The van der Waals surface area contributed by atoms with Crippen LogP contribution in [0, 0.1) is 30.6 Å². The maximum absolute atomic E-state index is 12.6. The number of aromatic nitrogens is 6. The third-order valence-electron chi connectivity index (χ3n) is 11.9. The summed E-state index contributed by atoms with van der Waals surface area (Å²) in [6.45, 7) is 2.09. The molecule has 4 fully saturated rings. The fraction of sp³-hybridized carbons (Fsp3) is 0.380. The maximum atomic E-state index is 12.6. The van der Waals surface area contributed by atoms with Crippen LogP contribution in [0.4, 0.5) is 0 Å². The van der Waals surface area contributed by atoms with Crippen molar-refractivity contribution in [1.82, 2.24) is 35.2 Å². The molecule has 6 heterocycles. The Kier molecular flexibility index (Phi) is 17.0. The minimum atomic E-state index is 0. The van der Waals surface area contributed by atoms with Gasteiger partial charge in [-0.1, -0.05) is 49.9 Å². The van der Waals surface area contributed by atoms with Gasteiger partial charge < -0.3 is 5.32 Å². The van der Waals surface area contributed by atoms with Gasteiger partial charge >= 0.3 is 19.5 Å². The van der Waals surface area contributed by atoms with Gasteiger partial charge in [0.25, 0.3) is 0 Å². The summed E-state index contributed by atoms with van der Waals surface area (Å²) in [7, 11) is 0. The molecule has 0 spiro atoms. The average molecular weight is 873 g/mol. The third kappa shape index (κ3) is 13.2. The molecule has 4 aliphatic rings. The van der Waals surface area contributed by atoms with Crippen molar-refractivity contribution in [2.24, 2.45) is 23.7 Å². The van der Waals surface area contributed by atoms with Crippen LogP contribution in [0.25, 0.3) is 34.2 Å². The van der Waals surface area contributed by atoms with E-state index in [9.17, 15) is 4.79 Å². The fourth-order valence-electron chi connectivity index (χ4n) is 9.24. The van der Waals surface area contributed by atoms with Gasteiger partial charge in [-0.2, -0.15) is 0 Å². The molecule has 0 atom stereocenters. The predicted molar refractivity (Wildman–Crippen MR) is 232 cm³/mol. The summed E-state index contributed by atoms with van der Waals surface area (Å²) < 4.78 is 0. The summed E-state index contributed by atoms with van der Waals surface area (Å²) in [4.78, 5) is 38.3. The Bertz CT molecular complexity index is 1940. The molecule has 6 aromatic heterocycles. The first-order valence-corrected chi connectivity index (χ1v) is 21.4. The van der Waals surface area contributed by atoms with E-state index < -0.39 is 0 Å². The monoisotopic (exact) mass is 873 g/mol. The van der Waals surface area contributed by atoms with E-state index in [0.29, 0.717) is 11.9 Å². The second kappa shape index (κ2) is 23.0. The molecular weight excluding hydrogens is 816 g/mol. The second-order valence-corrected chi connectivity index (χ2v) is 16.3. The van der Waals surface area contributed by atoms with Crippen LogP contribution >= 0.6 is 0 Å². The van der Waals surface area contributed by atoms with Crippen molar-refractivity contribution >= 4 is 5.91 Å². The van der Waals surface area contributed by atoms with E-state index in [0.717, 1.165) is 77.1 Å². The number of carbonyl (C=O) groups is 1. The Balaban J connectivity index is 0.000000190. The number of carbonyl (C=O) groups excluding carboxylic acids is 1. The van der Waals surface area contributed by atoms with Crippen molar-refractivity contribution in [3.63, 3.8) is 0 Å². The topological polar surface area (TPSA) is 106 Å². The molecule has 1 amide bonds. The van der Waals surface area contributed by atoms with Crippen LogP contribution < -0.4 is 5.32 Å². The quantitative estimate of drug-likeness (QED) is 0.0910. The molecule has 0 saturated heterocycles. The molecule has 6 aromatic rings. The molecular formula is C50H57N7ORu+2. The van der Waals surface area contributed by atoms with Gasteiger partial charge in [0.2, 0.25) is 5.91 Å². The van der Waals surface area contributed by atoms with E-state index in [2.05, 4.69) is 60.3 Å². The number of nitrogens with zero attached hydrogens (tertiary/aromatic N) is 6. The normalized spacial score (nSPS) is 19.6. The summed E-state index contributed by atoms with van der Waals surface area (Å²) in [5.41, 5.74) is 8.13. The van der Waals surface area contributed by atoms with Crippen molar-refractivity contribution in [3.8, 4) is 34.2 Å². The predicted octanol–water partition coefficient (Wildman–Crippen LogP) is 11.0. The van der Waals surface area contributed by atoms with Crippen molar-refractivity contribution in [3.05, 3.63) is 145 Å². The van der Waals surface area contributed by atoms with Gasteiger partial charge in [0.1, 0.15) is 0 Å². The number of hydrogen-bond acceptors (Lipinski definition) is 7. The molecule has 4 bridgehead atoms. The largest absolute Gasteiger partial charge is 2.00 e. The van der Waals surface area contributed by atoms with Crippen LogP contribution in [0.1, 0.15) is 88.2 Å². The standard InChI is InChI=1S/C30H41N3O.2C10H8N2.Ru/c1-21-10-12-31-27(14-21)28-20-22(11-13-32-28)8-6-4-2-3-5-7-9-29(34)33-30-25-16-23-15-24(18-25)19-26(30)17-23;2*1-3-7-11-9(5-1)10-6-2-4-8-12-10;/h10-14,20,23-26,30H,2-9,15-19H2,1H3,(H,33,34);2*1-8H;/q;;;+2. The first-order valence-electron chi connectivity index (χ1n) is 21.4. The Morgan fingerprint density at radius 3 is 1.42 bits per heavy atom. The zero-order valence-electron chi connectivity index (χ0n) is 34.2. The van der Waals surface area contributed by atoms with Crippen LogP contribution in [0.15, 0.2) is 134 Å². The molecule has 0 aromatic carbocycles. The molecule has 59 heavy (non-hydrogen) atoms. The zero-order valence-corrected chi connectivity index (χ0v) is 36.0. The van der Waals surface area contributed by atoms with Crippen LogP contribution in [-0.4, -0.2) is 41.9 Å². The van der Waals surface area contributed by atoms with Crippen molar-refractivity contribution in [2.75, 3.05) is 0 Å². The molecule has 9 heteroatoms. The molecule has 0 aliphatic heterocycles. The number of hydrogen-bond donors (Lipinski definition) is 1. The van der Waals surface area contributed by atoms with Crippen LogP contribution in [0.3, 0.4) is 0 Å². The SMILES string of the molecule is Cc1ccnc(-c2cc(CCCCCCCCC(=O)NC3C4CC5CC(C4)CC3C5)ccn2)c1.[Ru+2].c1ccc(-c2ccccn2)nc1.c1ccc(-c2ccccn2)nc1. The first kappa shape index (κ1) is 43.6. The Morgan fingerprint density at radius 2 is 0.949 bits per heavy atom. The van der Waals surface area contributed by atoms with E-state index in [4.69, 9.17) is 0 Å². The number of amides is 1. The number of unbranched alkanes of at least 4 members (excludes halogenated alkanes) is 5. The van der Waals surface area contributed by atoms with Gasteiger partial charge in [0.15, 0.2) is 0 Å². The molecule has 8 nitrogen and oxygen atoms in total. The molecule has 10 rings (SSSR count). The van der Waals surface area contributed by atoms with Crippen LogP contribution in [-0.2, 0) is 30.7 Å². The molecule has 0 radical (unpaired) electrons. The molecule has 304 valence electrons. The van der Waals surface area contributed by atoms with Gasteiger partial charge in [0.05, 0.1) is 34.2 Å². The van der Waals surface area contributed by atoms with Crippen molar-refractivity contribution in [2.45, 2.75) is 96.4 Å². The summed E-state index contributed by atoms with van der Waals surface area (Å²) in [6, 6.07) is 32.1. The smallest absolute Gasteiger partial charge is 0.353 e. The zero-order chi connectivity index (χ0) is 39.8. The Labute approximate surface area is 363 Å². The van der Waals surface area contributed by atoms with E-state index in [-0.39, 0.29) is 19.5 Å². The van der Waals surface area contributed by atoms with E-state index in [1.807, 2.05) is 91.3 Å². The number of nitrogens with one attached hydrogen (secondary N) is 1. The van der Waals surface area contributed by atoms with E-state index >= 15 is 0 Å². The van der Waals surface area contributed by atoms with Crippen molar-refractivity contribution in [1.29, 1.82) is 0 Å². The summed E-state index contributed by atoms with van der Waals surface area (Å²) in [5.74, 6) is 3.83. The van der Waals surface area contributed by atoms with Crippen molar-refractivity contribution < 1.29 is 24.3 Å². The molecule has 0 unspecified atom stereocenters. The molecule has 4 saturated carbocycles. The first-order chi connectivity index (χ1) is 28.6. The van der Waals surface area contributed by atoms with Gasteiger partial charge in [-0.05, 0) is 166 Å². The molecule has 4 aliphatic carbocycles. The van der Waals surface area contributed by atoms with Gasteiger partial charge in [-0.25, -0.2) is 0 Å². The second-order valence-electron chi connectivity index (χ2n) is 16.3.